The zero-order valence-electron chi connectivity index (χ0n) is 15.8. The molecule has 1 aliphatic heterocycles. The Balaban J connectivity index is 1.60. The second-order valence-corrected chi connectivity index (χ2v) is 7.51. The number of nitrogens with one attached hydrogen (secondary N) is 1. The number of carbonyl (C=O) groups excluding carboxylic acids is 3. The Kier molecular flexibility index (Phi) is 5.13. The van der Waals surface area contributed by atoms with Crippen LogP contribution in [0.2, 0.25) is 0 Å². The fraction of sp³-hybridized carbons (Fsp3) is 0.318. The first-order chi connectivity index (χ1) is 12.7. The normalized spacial score (nSPS) is 14.9. The molecule has 0 fully saturated rings. The molecule has 0 radical (unpaired) electrons. The summed E-state index contributed by atoms with van der Waals surface area (Å²) < 4.78 is 5.81. The largest absolute Gasteiger partial charge is 0.487 e. The first-order valence-electron chi connectivity index (χ1n) is 8.99. The zero-order chi connectivity index (χ0) is 19.6. The average Bonchev–Trinajstić information content (AvgIpc) is 2.60. The molecule has 0 atom stereocenters. The van der Waals surface area contributed by atoms with Crippen molar-refractivity contribution in [1.82, 2.24) is 0 Å². The number of aryl methyl sites for hydroxylation is 1. The number of ether oxygens (including phenoxy) is 1. The third kappa shape index (κ3) is 4.61. The first kappa shape index (κ1) is 18.8. The Bertz CT molecular complexity index is 897. The lowest BCUT2D eigenvalue weighted by Crippen LogP contribution is -2.35. The molecule has 5 heteroatoms. The van der Waals surface area contributed by atoms with E-state index in [-0.39, 0.29) is 30.3 Å². The molecule has 1 aliphatic rings. The molecule has 2 aromatic rings. The van der Waals surface area contributed by atoms with E-state index in [1.165, 1.54) is 0 Å². The molecule has 0 saturated heterocycles. The molecule has 1 N–H and O–H groups in total. The van der Waals surface area contributed by atoms with E-state index >= 15 is 0 Å². The predicted octanol–water partition coefficient (Wildman–Crippen LogP) is 4.34. The molecule has 0 spiro atoms. The highest BCUT2D eigenvalue weighted by Gasteiger charge is 2.32. The Labute approximate surface area is 158 Å². The molecular weight excluding hydrogens is 342 g/mol. The number of anilines is 1. The molecule has 27 heavy (non-hydrogen) atoms. The van der Waals surface area contributed by atoms with Crippen molar-refractivity contribution in [3.63, 3.8) is 0 Å². The molecule has 0 aliphatic carbocycles. The molecular formula is C22H23NO4. The summed E-state index contributed by atoms with van der Waals surface area (Å²) in [5.74, 6) is 0.192. The van der Waals surface area contributed by atoms with Crippen LogP contribution in [-0.2, 0) is 4.79 Å². The van der Waals surface area contributed by atoms with Crippen molar-refractivity contribution >= 4 is 23.2 Å². The van der Waals surface area contributed by atoms with Gasteiger partial charge in [-0.05, 0) is 39.0 Å². The fourth-order valence-corrected chi connectivity index (χ4v) is 3.06. The average molecular weight is 365 g/mol. The Morgan fingerprint density at radius 2 is 1.78 bits per heavy atom. The van der Waals surface area contributed by atoms with Crippen LogP contribution in [0.25, 0.3) is 0 Å². The molecule has 1 heterocycles. The molecule has 0 aromatic heterocycles. The van der Waals surface area contributed by atoms with E-state index in [0.29, 0.717) is 29.0 Å². The van der Waals surface area contributed by atoms with Gasteiger partial charge in [-0.25, -0.2) is 0 Å². The molecule has 0 saturated carbocycles. The van der Waals surface area contributed by atoms with Crippen LogP contribution >= 0.6 is 0 Å². The Morgan fingerprint density at radius 1 is 1.07 bits per heavy atom. The minimum atomic E-state index is -0.523. The highest BCUT2D eigenvalue weighted by atomic mass is 16.5. The Morgan fingerprint density at radius 3 is 2.48 bits per heavy atom. The van der Waals surface area contributed by atoms with Crippen LogP contribution in [0.15, 0.2) is 42.5 Å². The number of fused-ring (bicyclic) bond motifs is 1. The third-order valence-corrected chi connectivity index (χ3v) is 4.49. The third-order valence-electron chi connectivity index (χ3n) is 4.49. The minimum absolute atomic E-state index is 0.00750. The number of ketones is 2. The molecule has 140 valence electrons. The zero-order valence-corrected chi connectivity index (χ0v) is 15.8. The van der Waals surface area contributed by atoms with Gasteiger partial charge < -0.3 is 10.1 Å². The van der Waals surface area contributed by atoms with Gasteiger partial charge in [0, 0.05) is 24.1 Å². The topological polar surface area (TPSA) is 72.5 Å². The number of benzene rings is 2. The minimum Gasteiger partial charge on any atom is -0.487 e. The van der Waals surface area contributed by atoms with Gasteiger partial charge in [0.25, 0.3) is 0 Å². The van der Waals surface area contributed by atoms with E-state index in [1.807, 2.05) is 32.9 Å². The maximum atomic E-state index is 12.3. The van der Waals surface area contributed by atoms with Crippen LogP contribution in [0, 0.1) is 6.92 Å². The number of hydrogen-bond donors (Lipinski definition) is 1. The highest BCUT2D eigenvalue weighted by Crippen LogP contribution is 2.34. The molecule has 5 nitrogen and oxygen atoms in total. The second-order valence-electron chi connectivity index (χ2n) is 7.51. The van der Waals surface area contributed by atoms with Crippen molar-refractivity contribution in [1.29, 1.82) is 0 Å². The standard InChI is InChI=1S/C22H23NO4/c1-14-4-6-15(7-5-14)18(24)9-11-21(26)23-16-8-10-20-17(12-16)19(25)13-22(2,3)27-20/h4-8,10,12H,9,11,13H2,1-3H3,(H,23,26). The van der Waals surface area contributed by atoms with Gasteiger partial charge in [-0.2, -0.15) is 0 Å². The summed E-state index contributed by atoms with van der Waals surface area (Å²) in [6.07, 6.45) is 0.514. The maximum absolute atomic E-state index is 12.3. The number of carbonyl (C=O) groups is 3. The van der Waals surface area contributed by atoms with Gasteiger partial charge in [-0.15, -0.1) is 0 Å². The van der Waals surface area contributed by atoms with Crippen molar-refractivity contribution in [3.05, 3.63) is 59.2 Å². The summed E-state index contributed by atoms with van der Waals surface area (Å²) in [5.41, 5.74) is 2.16. The summed E-state index contributed by atoms with van der Waals surface area (Å²) >= 11 is 0. The van der Waals surface area contributed by atoms with Gasteiger partial charge in [0.15, 0.2) is 11.6 Å². The monoisotopic (exact) mass is 365 g/mol. The molecule has 1 amide bonds. The molecule has 2 aromatic carbocycles. The van der Waals surface area contributed by atoms with E-state index in [0.717, 1.165) is 5.56 Å². The van der Waals surface area contributed by atoms with Gasteiger partial charge in [0.1, 0.15) is 11.4 Å². The van der Waals surface area contributed by atoms with Crippen LogP contribution in [-0.4, -0.2) is 23.1 Å². The van der Waals surface area contributed by atoms with Gasteiger partial charge in [0.2, 0.25) is 5.91 Å². The lowest BCUT2D eigenvalue weighted by molar-refractivity contribution is -0.116. The summed E-state index contributed by atoms with van der Waals surface area (Å²) in [7, 11) is 0. The van der Waals surface area contributed by atoms with Crippen LogP contribution in [0.5, 0.6) is 5.75 Å². The van der Waals surface area contributed by atoms with Crippen molar-refractivity contribution in [2.45, 2.75) is 45.6 Å². The van der Waals surface area contributed by atoms with Crippen LogP contribution in [0.1, 0.15) is 59.4 Å². The SMILES string of the molecule is Cc1ccc(C(=O)CCC(=O)Nc2ccc3c(c2)C(=O)CC(C)(C)O3)cc1. The van der Waals surface area contributed by atoms with Gasteiger partial charge >= 0.3 is 0 Å². The van der Waals surface area contributed by atoms with Crippen LogP contribution in [0.3, 0.4) is 0 Å². The Hall–Kier alpha value is -2.95. The lowest BCUT2D eigenvalue weighted by Gasteiger charge is -2.31. The first-order valence-corrected chi connectivity index (χ1v) is 8.99. The van der Waals surface area contributed by atoms with Crippen molar-refractivity contribution in [2.24, 2.45) is 0 Å². The maximum Gasteiger partial charge on any atom is 0.224 e. The number of Topliss-reactive ketones (excluding diaryl/α,β-unsaturated/α-hetero) is 2. The molecule has 0 unspecified atom stereocenters. The lowest BCUT2D eigenvalue weighted by atomic mass is 9.93. The molecule has 3 rings (SSSR count). The van der Waals surface area contributed by atoms with Gasteiger partial charge in [-0.1, -0.05) is 29.8 Å². The summed E-state index contributed by atoms with van der Waals surface area (Å²) in [6.45, 7) is 5.69. The fourth-order valence-electron chi connectivity index (χ4n) is 3.06. The van der Waals surface area contributed by atoms with E-state index < -0.39 is 5.60 Å². The van der Waals surface area contributed by atoms with E-state index in [4.69, 9.17) is 4.74 Å². The van der Waals surface area contributed by atoms with Crippen molar-refractivity contribution in [2.75, 3.05) is 5.32 Å². The van der Waals surface area contributed by atoms with Crippen LogP contribution < -0.4 is 10.1 Å². The smallest absolute Gasteiger partial charge is 0.224 e. The number of hydrogen-bond acceptors (Lipinski definition) is 4. The quantitative estimate of drug-likeness (QED) is 0.800. The van der Waals surface area contributed by atoms with E-state index in [2.05, 4.69) is 5.32 Å². The second kappa shape index (κ2) is 7.35. The predicted molar refractivity (Wildman–Crippen MR) is 103 cm³/mol. The number of rotatable bonds is 5. The van der Waals surface area contributed by atoms with Crippen molar-refractivity contribution in [3.8, 4) is 5.75 Å². The van der Waals surface area contributed by atoms with E-state index in [1.54, 1.807) is 30.3 Å². The van der Waals surface area contributed by atoms with Gasteiger partial charge in [0.05, 0.1) is 12.0 Å². The van der Waals surface area contributed by atoms with Crippen molar-refractivity contribution < 1.29 is 19.1 Å². The van der Waals surface area contributed by atoms with Crippen LogP contribution in [0.4, 0.5) is 5.69 Å². The summed E-state index contributed by atoms with van der Waals surface area (Å²) in [5, 5.41) is 2.75. The molecule has 0 bridgehead atoms. The van der Waals surface area contributed by atoms with Gasteiger partial charge in [-0.3, -0.25) is 14.4 Å². The van der Waals surface area contributed by atoms with E-state index in [9.17, 15) is 14.4 Å². The summed E-state index contributed by atoms with van der Waals surface area (Å²) in [4.78, 5) is 36.6. The highest BCUT2D eigenvalue weighted by molar-refractivity contribution is 6.03. The summed E-state index contributed by atoms with van der Waals surface area (Å²) in [6, 6.07) is 12.3. The number of amides is 1.